The van der Waals surface area contributed by atoms with Crippen molar-refractivity contribution < 1.29 is 24.2 Å². The molecule has 0 unspecified atom stereocenters. The molecule has 0 spiro atoms. The van der Waals surface area contributed by atoms with Gasteiger partial charge in [-0.2, -0.15) is 0 Å². The van der Waals surface area contributed by atoms with Crippen LogP contribution in [0, 0.1) is 0 Å². The summed E-state index contributed by atoms with van der Waals surface area (Å²) in [7, 11) is 0. The molecule has 0 aromatic heterocycles. The summed E-state index contributed by atoms with van der Waals surface area (Å²) >= 11 is 0. The maximum Gasteiger partial charge on any atom is 0.331 e. The Labute approximate surface area is 68.6 Å². The summed E-state index contributed by atoms with van der Waals surface area (Å²) in [5, 5.41) is 8.06. The molecule has 0 aliphatic carbocycles. The molecule has 0 aliphatic heterocycles. The second kappa shape index (κ2) is 5.06. The number of Topliss-reactive ketones (excluding diaryl/α,β-unsaturated/α-hetero) is 1. The number of hydrogen-bond acceptors (Lipinski definition) is 4. The Kier molecular flexibility index (Phi) is 4.36. The van der Waals surface area contributed by atoms with Gasteiger partial charge < -0.3 is 9.84 Å². The Balaban J connectivity index is 3.71. The van der Waals surface area contributed by atoms with Gasteiger partial charge in [-0.15, -0.1) is 0 Å². The molecule has 0 fully saturated rings. The van der Waals surface area contributed by atoms with Gasteiger partial charge in [0, 0.05) is 0 Å². The quantitative estimate of drug-likeness (QED) is 0.281. The van der Waals surface area contributed by atoms with Crippen molar-refractivity contribution in [3.05, 3.63) is 12.3 Å². The molecular formula is C7H8O5. The molecule has 0 atom stereocenters. The number of aliphatic carboxylic acids is 1. The van der Waals surface area contributed by atoms with Crippen LogP contribution in [-0.4, -0.2) is 22.8 Å². The first kappa shape index (κ1) is 10.3. The molecule has 0 saturated heterocycles. The highest BCUT2D eigenvalue weighted by atomic mass is 16.5. The molecule has 0 rings (SSSR count). The van der Waals surface area contributed by atoms with Gasteiger partial charge in [-0.25, -0.2) is 4.79 Å². The number of carbonyl (C=O) groups excluding carboxylic acids is 2. The smallest absolute Gasteiger partial charge is 0.331 e. The molecule has 0 amide bonds. The monoisotopic (exact) mass is 172 g/mol. The van der Waals surface area contributed by atoms with E-state index in [1.807, 2.05) is 0 Å². The van der Waals surface area contributed by atoms with Crippen LogP contribution < -0.4 is 0 Å². The van der Waals surface area contributed by atoms with Crippen molar-refractivity contribution in [3.63, 3.8) is 0 Å². The van der Waals surface area contributed by atoms with E-state index in [4.69, 9.17) is 5.11 Å². The summed E-state index contributed by atoms with van der Waals surface area (Å²) in [5.41, 5.74) is 0. The van der Waals surface area contributed by atoms with Gasteiger partial charge >= 0.3 is 11.9 Å². The normalized spacial score (nSPS) is 9.75. The summed E-state index contributed by atoms with van der Waals surface area (Å²) in [6.45, 7) is 1.24. The summed E-state index contributed by atoms with van der Waals surface area (Å²) in [4.78, 5) is 30.7. The molecule has 66 valence electrons. The minimum absolute atomic E-state index is 0.330. The van der Waals surface area contributed by atoms with E-state index in [-0.39, 0.29) is 12.2 Å². The van der Waals surface area contributed by atoms with E-state index in [0.717, 1.165) is 6.26 Å². The van der Waals surface area contributed by atoms with Crippen LogP contribution in [0.25, 0.3) is 0 Å². The van der Waals surface area contributed by atoms with E-state index in [1.54, 1.807) is 0 Å². The molecule has 1 N–H and O–H groups in total. The number of ketones is 1. The molecular weight excluding hydrogens is 164 g/mol. The first-order valence-electron chi connectivity index (χ1n) is 3.10. The highest BCUT2D eigenvalue weighted by Gasteiger charge is 2.03. The van der Waals surface area contributed by atoms with Gasteiger partial charge in [0.1, 0.15) is 18.5 Å². The summed E-state index contributed by atoms with van der Waals surface area (Å²) in [5.74, 6) is -2.31. The number of esters is 1. The highest BCUT2D eigenvalue weighted by Crippen LogP contribution is 1.88. The zero-order valence-corrected chi connectivity index (χ0v) is 6.44. The average molecular weight is 172 g/mol. The first-order chi connectivity index (χ1) is 5.52. The minimum Gasteiger partial charge on any atom is -0.478 e. The second-order valence-electron chi connectivity index (χ2n) is 2.01. The Hall–Kier alpha value is -1.65. The Morgan fingerprint density at radius 3 is 2.42 bits per heavy atom. The van der Waals surface area contributed by atoms with Crippen LogP contribution in [0.5, 0.6) is 0 Å². The average Bonchev–Trinajstić information content (AvgIpc) is 1.84. The Morgan fingerprint density at radius 1 is 1.42 bits per heavy atom. The number of hydrogen-bond donors (Lipinski definition) is 1. The van der Waals surface area contributed by atoms with Gasteiger partial charge in [0.25, 0.3) is 0 Å². The van der Waals surface area contributed by atoms with Gasteiger partial charge in [0.2, 0.25) is 0 Å². The van der Waals surface area contributed by atoms with Crippen LogP contribution >= 0.6 is 0 Å². The van der Waals surface area contributed by atoms with Crippen LogP contribution in [0.1, 0.15) is 13.3 Å². The molecule has 0 aromatic carbocycles. The largest absolute Gasteiger partial charge is 0.478 e. The number of carboxylic acids is 1. The van der Waals surface area contributed by atoms with Crippen LogP contribution in [0.15, 0.2) is 12.3 Å². The fraction of sp³-hybridized carbons (Fsp3) is 0.286. The van der Waals surface area contributed by atoms with Gasteiger partial charge in [-0.3, -0.25) is 9.59 Å². The number of carboxylic acid groups (broad SMARTS) is 1. The number of rotatable bonds is 4. The van der Waals surface area contributed by atoms with Crippen molar-refractivity contribution >= 4 is 17.7 Å². The molecule has 5 nitrogen and oxygen atoms in total. The summed E-state index contributed by atoms with van der Waals surface area (Å²) < 4.78 is 4.24. The first-order valence-corrected chi connectivity index (χ1v) is 3.10. The third kappa shape index (κ3) is 6.47. The van der Waals surface area contributed by atoms with E-state index in [2.05, 4.69) is 4.74 Å². The fourth-order valence-corrected chi connectivity index (χ4v) is 0.413. The topological polar surface area (TPSA) is 80.7 Å². The molecule has 0 bridgehead atoms. The SMILES string of the molecule is CC(=O)CC(=O)OC=CC(=O)O. The van der Waals surface area contributed by atoms with E-state index >= 15 is 0 Å². The third-order valence-electron chi connectivity index (χ3n) is 0.803. The van der Waals surface area contributed by atoms with E-state index < -0.39 is 11.9 Å². The van der Waals surface area contributed by atoms with E-state index in [0.29, 0.717) is 6.08 Å². The lowest BCUT2D eigenvalue weighted by Crippen LogP contribution is -2.05. The molecule has 0 aromatic rings. The van der Waals surface area contributed by atoms with Crippen molar-refractivity contribution in [3.8, 4) is 0 Å². The Bertz CT molecular complexity index is 228. The summed E-state index contributed by atoms with van der Waals surface area (Å²) in [6, 6.07) is 0. The van der Waals surface area contributed by atoms with Crippen molar-refractivity contribution in [1.82, 2.24) is 0 Å². The number of carbonyl (C=O) groups is 3. The molecule has 5 heteroatoms. The highest BCUT2D eigenvalue weighted by molar-refractivity contribution is 5.94. The predicted octanol–water partition coefficient (Wildman–Crippen LogP) is 0.107. The van der Waals surface area contributed by atoms with Gasteiger partial charge in [-0.05, 0) is 6.92 Å². The van der Waals surface area contributed by atoms with Crippen molar-refractivity contribution in [1.29, 1.82) is 0 Å². The molecule has 0 radical (unpaired) electrons. The second-order valence-corrected chi connectivity index (χ2v) is 2.01. The van der Waals surface area contributed by atoms with Crippen molar-refractivity contribution in [2.75, 3.05) is 0 Å². The minimum atomic E-state index is -1.22. The van der Waals surface area contributed by atoms with E-state index in [9.17, 15) is 14.4 Å². The Morgan fingerprint density at radius 2 is 2.00 bits per heavy atom. The van der Waals surface area contributed by atoms with Gasteiger partial charge in [0.15, 0.2) is 0 Å². The van der Waals surface area contributed by atoms with Gasteiger partial charge in [-0.1, -0.05) is 0 Å². The molecule has 0 heterocycles. The standard InChI is InChI=1S/C7H8O5/c1-5(8)4-7(11)12-3-2-6(9)10/h2-3H,4H2,1H3,(H,9,10). The third-order valence-corrected chi connectivity index (χ3v) is 0.803. The fourth-order valence-electron chi connectivity index (χ4n) is 0.413. The van der Waals surface area contributed by atoms with E-state index in [1.165, 1.54) is 6.92 Å². The maximum atomic E-state index is 10.5. The zero-order valence-electron chi connectivity index (χ0n) is 6.44. The summed E-state index contributed by atoms with van der Waals surface area (Å²) in [6.07, 6.45) is 1.05. The maximum absolute atomic E-state index is 10.5. The lowest BCUT2D eigenvalue weighted by molar-refractivity contribution is -0.140. The van der Waals surface area contributed by atoms with Gasteiger partial charge in [0.05, 0.1) is 6.08 Å². The molecule has 0 aliphatic rings. The van der Waals surface area contributed by atoms with Crippen molar-refractivity contribution in [2.45, 2.75) is 13.3 Å². The lowest BCUT2D eigenvalue weighted by atomic mass is 10.3. The van der Waals surface area contributed by atoms with Crippen LogP contribution in [-0.2, 0) is 19.1 Å². The zero-order chi connectivity index (χ0) is 9.56. The molecule has 12 heavy (non-hydrogen) atoms. The number of ether oxygens (including phenoxy) is 1. The predicted molar refractivity (Wildman–Crippen MR) is 38.2 cm³/mol. The van der Waals surface area contributed by atoms with Crippen LogP contribution in [0.2, 0.25) is 0 Å². The van der Waals surface area contributed by atoms with Crippen LogP contribution in [0.3, 0.4) is 0 Å². The van der Waals surface area contributed by atoms with Crippen molar-refractivity contribution in [2.24, 2.45) is 0 Å². The molecule has 0 saturated carbocycles. The van der Waals surface area contributed by atoms with Crippen LogP contribution in [0.4, 0.5) is 0 Å². The lowest BCUT2D eigenvalue weighted by Gasteiger charge is -1.93.